The number of aryl methyl sites for hydroxylation is 3. The molecule has 22 heavy (non-hydrogen) atoms. The maximum Gasteiger partial charge on any atom is 0.265 e. The zero-order chi connectivity index (χ0) is 16.1. The van der Waals surface area contributed by atoms with Gasteiger partial charge in [-0.1, -0.05) is 25.1 Å². The summed E-state index contributed by atoms with van der Waals surface area (Å²) in [7, 11) is 0. The number of rotatable bonds is 5. The van der Waals surface area contributed by atoms with Crippen molar-refractivity contribution in [3.8, 4) is 5.75 Å². The van der Waals surface area contributed by atoms with E-state index in [0.29, 0.717) is 5.75 Å². The fraction of sp³-hybridized carbons (Fsp3) is 0.316. The number of hydrogen-bond acceptors (Lipinski definition) is 2. The van der Waals surface area contributed by atoms with E-state index in [-0.39, 0.29) is 5.91 Å². The average Bonchev–Trinajstić information content (AvgIpc) is 2.51. The Hall–Kier alpha value is -2.29. The van der Waals surface area contributed by atoms with Gasteiger partial charge in [-0.05, 0) is 68.1 Å². The molecule has 0 spiro atoms. The normalized spacial score (nSPS) is 11.8. The van der Waals surface area contributed by atoms with Gasteiger partial charge in [0, 0.05) is 5.69 Å². The lowest BCUT2D eigenvalue weighted by Crippen LogP contribution is -2.30. The van der Waals surface area contributed by atoms with Crippen LogP contribution >= 0.6 is 0 Å². The predicted molar refractivity (Wildman–Crippen MR) is 90.5 cm³/mol. The van der Waals surface area contributed by atoms with Crippen LogP contribution < -0.4 is 10.1 Å². The Balaban J connectivity index is 1.97. The van der Waals surface area contributed by atoms with Crippen LogP contribution in [0.5, 0.6) is 5.75 Å². The molecule has 1 amide bonds. The molecular weight excluding hydrogens is 274 g/mol. The standard InChI is InChI=1S/C19H23NO2/c1-5-16-7-10-18(11-8-16)22-15(4)19(21)20-17-9-6-13(2)14(3)12-17/h6-12,15H,5H2,1-4H3,(H,20,21). The highest BCUT2D eigenvalue weighted by Crippen LogP contribution is 2.17. The van der Waals surface area contributed by atoms with Crippen LogP contribution in [-0.2, 0) is 11.2 Å². The minimum atomic E-state index is -0.547. The molecule has 1 atom stereocenters. The van der Waals surface area contributed by atoms with Crippen molar-refractivity contribution in [2.24, 2.45) is 0 Å². The van der Waals surface area contributed by atoms with E-state index in [0.717, 1.165) is 17.7 Å². The third-order valence-corrected chi connectivity index (χ3v) is 3.79. The number of anilines is 1. The van der Waals surface area contributed by atoms with Crippen molar-refractivity contribution in [2.75, 3.05) is 5.32 Å². The van der Waals surface area contributed by atoms with E-state index >= 15 is 0 Å². The molecule has 0 radical (unpaired) electrons. The van der Waals surface area contributed by atoms with E-state index < -0.39 is 6.10 Å². The summed E-state index contributed by atoms with van der Waals surface area (Å²) >= 11 is 0. The highest BCUT2D eigenvalue weighted by molar-refractivity contribution is 5.94. The van der Waals surface area contributed by atoms with Crippen LogP contribution in [0.1, 0.15) is 30.5 Å². The molecule has 0 bridgehead atoms. The second-order valence-electron chi connectivity index (χ2n) is 5.55. The van der Waals surface area contributed by atoms with Crippen LogP contribution in [0.2, 0.25) is 0 Å². The molecule has 0 saturated carbocycles. The minimum Gasteiger partial charge on any atom is -0.481 e. The summed E-state index contributed by atoms with van der Waals surface area (Å²) in [6.07, 6.45) is 0.442. The van der Waals surface area contributed by atoms with Crippen LogP contribution in [0.25, 0.3) is 0 Å². The average molecular weight is 297 g/mol. The molecular formula is C19H23NO2. The van der Waals surface area contributed by atoms with E-state index in [4.69, 9.17) is 4.74 Å². The van der Waals surface area contributed by atoms with Crippen molar-refractivity contribution in [3.05, 3.63) is 59.2 Å². The number of carbonyl (C=O) groups excluding carboxylic acids is 1. The Morgan fingerprint density at radius 3 is 2.36 bits per heavy atom. The van der Waals surface area contributed by atoms with Gasteiger partial charge in [0.1, 0.15) is 5.75 Å². The Kier molecular flexibility index (Phi) is 5.21. The molecule has 2 aromatic carbocycles. The van der Waals surface area contributed by atoms with Crippen LogP contribution in [-0.4, -0.2) is 12.0 Å². The number of carbonyl (C=O) groups is 1. The monoisotopic (exact) mass is 297 g/mol. The number of benzene rings is 2. The smallest absolute Gasteiger partial charge is 0.265 e. The lowest BCUT2D eigenvalue weighted by molar-refractivity contribution is -0.122. The molecule has 0 aliphatic heterocycles. The lowest BCUT2D eigenvalue weighted by Gasteiger charge is -2.15. The summed E-state index contributed by atoms with van der Waals surface area (Å²) in [6.45, 7) is 7.94. The topological polar surface area (TPSA) is 38.3 Å². The molecule has 1 N–H and O–H groups in total. The fourth-order valence-corrected chi connectivity index (χ4v) is 2.12. The van der Waals surface area contributed by atoms with Gasteiger partial charge >= 0.3 is 0 Å². The zero-order valence-corrected chi connectivity index (χ0v) is 13.6. The van der Waals surface area contributed by atoms with E-state index in [9.17, 15) is 4.79 Å². The van der Waals surface area contributed by atoms with Gasteiger partial charge in [0.05, 0.1) is 0 Å². The van der Waals surface area contributed by atoms with Crippen LogP contribution in [0, 0.1) is 13.8 Å². The van der Waals surface area contributed by atoms with Gasteiger partial charge in [0.25, 0.3) is 5.91 Å². The highest BCUT2D eigenvalue weighted by atomic mass is 16.5. The van der Waals surface area contributed by atoms with Gasteiger partial charge in [-0.15, -0.1) is 0 Å². The van der Waals surface area contributed by atoms with Crippen molar-refractivity contribution in [2.45, 2.75) is 40.2 Å². The summed E-state index contributed by atoms with van der Waals surface area (Å²) in [5.74, 6) is 0.558. The van der Waals surface area contributed by atoms with Gasteiger partial charge in [-0.2, -0.15) is 0 Å². The molecule has 0 aromatic heterocycles. The van der Waals surface area contributed by atoms with E-state index in [1.165, 1.54) is 11.1 Å². The number of nitrogens with one attached hydrogen (secondary N) is 1. The summed E-state index contributed by atoms with van der Waals surface area (Å²) in [5, 5.41) is 2.89. The Labute approximate surface area is 132 Å². The van der Waals surface area contributed by atoms with Crippen molar-refractivity contribution in [3.63, 3.8) is 0 Å². The Bertz CT molecular complexity index is 647. The summed E-state index contributed by atoms with van der Waals surface area (Å²) < 4.78 is 5.69. The molecule has 3 nitrogen and oxygen atoms in total. The van der Waals surface area contributed by atoms with Gasteiger partial charge in [0.2, 0.25) is 0 Å². The molecule has 3 heteroatoms. The first-order valence-electron chi connectivity index (χ1n) is 7.63. The molecule has 2 rings (SSSR count). The number of amides is 1. The van der Waals surface area contributed by atoms with Crippen molar-refractivity contribution in [1.29, 1.82) is 0 Å². The minimum absolute atomic E-state index is 0.150. The van der Waals surface area contributed by atoms with Gasteiger partial charge < -0.3 is 10.1 Å². The van der Waals surface area contributed by atoms with Crippen molar-refractivity contribution >= 4 is 11.6 Å². The van der Waals surface area contributed by atoms with E-state index in [2.05, 4.69) is 12.2 Å². The maximum atomic E-state index is 12.2. The Morgan fingerprint density at radius 2 is 1.77 bits per heavy atom. The van der Waals surface area contributed by atoms with Gasteiger partial charge in [0.15, 0.2) is 6.10 Å². The molecule has 0 saturated heterocycles. The first-order chi connectivity index (χ1) is 10.5. The van der Waals surface area contributed by atoms with Crippen molar-refractivity contribution < 1.29 is 9.53 Å². The summed E-state index contributed by atoms with van der Waals surface area (Å²) in [5.41, 5.74) is 4.41. The Morgan fingerprint density at radius 1 is 1.09 bits per heavy atom. The lowest BCUT2D eigenvalue weighted by atomic mass is 10.1. The second kappa shape index (κ2) is 7.12. The molecule has 1 unspecified atom stereocenters. The summed E-state index contributed by atoms with van der Waals surface area (Å²) in [6, 6.07) is 13.7. The van der Waals surface area contributed by atoms with Gasteiger partial charge in [-0.3, -0.25) is 4.79 Å². The first-order valence-corrected chi connectivity index (χ1v) is 7.63. The largest absolute Gasteiger partial charge is 0.481 e. The quantitative estimate of drug-likeness (QED) is 0.895. The first kappa shape index (κ1) is 16.1. The number of hydrogen-bond donors (Lipinski definition) is 1. The fourth-order valence-electron chi connectivity index (χ4n) is 2.12. The van der Waals surface area contributed by atoms with Gasteiger partial charge in [-0.25, -0.2) is 0 Å². The SMILES string of the molecule is CCc1ccc(OC(C)C(=O)Nc2ccc(C)c(C)c2)cc1. The second-order valence-corrected chi connectivity index (χ2v) is 5.55. The van der Waals surface area contributed by atoms with Crippen LogP contribution in [0.4, 0.5) is 5.69 Å². The number of ether oxygens (including phenoxy) is 1. The molecule has 0 aliphatic carbocycles. The third-order valence-electron chi connectivity index (χ3n) is 3.79. The third kappa shape index (κ3) is 4.10. The van der Waals surface area contributed by atoms with Crippen LogP contribution in [0.3, 0.4) is 0 Å². The summed E-state index contributed by atoms with van der Waals surface area (Å²) in [4.78, 5) is 12.2. The molecule has 2 aromatic rings. The highest BCUT2D eigenvalue weighted by Gasteiger charge is 2.15. The molecule has 0 fully saturated rings. The predicted octanol–water partition coefficient (Wildman–Crippen LogP) is 4.27. The van der Waals surface area contributed by atoms with E-state index in [1.807, 2.05) is 56.3 Å². The molecule has 0 heterocycles. The van der Waals surface area contributed by atoms with Crippen LogP contribution in [0.15, 0.2) is 42.5 Å². The van der Waals surface area contributed by atoms with E-state index in [1.54, 1.807) is 6.92 Å². The zero-order valence-electron chi connectivity index (χ0n) is 13.6. The molecule has 116 valence electrons. The maximum absolute atomic E-state index is 12.2. The molecule has 0 aliphatic rings. The van der Waals surface area contributed by atoms with Crippen molar-refractivity contribution in [1.82, 2.24) is 0 Å².